The van der Waals surface area contributed by atoms with E-state index in [1.165, 1.54) is 6.42 Å². The van der Waals surface area contributed by atoms with Crippen LogP contribution in [0.15, 0.2) is 30.3 Å². The lowest BCUT2D eigenvalue weighted by Crippen LogP contribution is -2.51. The van der Waals surface area contributed by atoms with Crippen LogP contribution in [0.3, 0.4) is 0 Å². The van der Waals surface area contributed by atoms with E-state index in [-0.39, 0.29) is 5.54 Å². The Bertz CT molecular complexity index is 371. The van der Waals surface area contributed by atoms with E-state index in [1.807, 2.05) is 30.3 Å². The molecule has 1 aliphatic carbocycles. The zero-order valence-corrected chi connectivity index (χ0v) is 9.44. The monoisotopic (exact) mass is 219 g/mol. The van der Waals surface area contributed by atoms with Gasteiger partial charge in [0, 0.05) is 5.54 Å². The van der Waals surface area contributed by atoms with Crippen LogP contribution in [0.5, 0.6) is 0 Å². The van der Waals surface area contributed by atoms with E-state index in [1.54, 1.807) is 0 Å². The zero-order valence-electron chi connectivity index (χ0n) is 9.44. The summed E-state index contributed by atoms with van der Waals surface area (Å²) >= 11 is 0. The van der Waals surface area contributed by atoms with Gasteiger partial charge < -0.3 is 5.11 Å². The highest BCUT2D eigenvalue weighted by molar-refractivity contribution is 5.75. The fourth-order valence-corrected chi connectivity index (χ4v) is 2.13. The van der Waals surface area contributed by atoms with Gasteiger partial charge in [0.1, 0.15) is 6.04 Å². The van der Waals surface area contributed by atoms with Crippen molar-refractivity contribution >= 4 is 5.97 Å². The van der Waals surface area contributed by atoms with Crippen molar-refractivity contribution < 1.29 is 9.90 Å². The first-order valence-corrected chi connectivity index (χ1v) is 5.66. The summed E-state index contributed by atoms with van der Waals surface area (Å²) < 4.78 is 0. The van der Waals surface area contributed by atoms with Crippen LogP contribution in [-0.2, 0) is 4.79 Å². The van der Waals surface area contributed by atoms with Gasteiger partial charge in [-0.2, -0.15) is 0 Å². The van der Waals surface area contributed by atoms with Gasteiger partial charge >= 0.3 is 5.97 Å². The molecule has 0 heterocycles. The molecule has 0 amide bonds. The second-order valence-electron chi connectivity index (χ2n) is 4.74. The van der Waals surface area contributed by atoms with Gasteiger partial charge in [-0.25, -0.2) is 0 Å². The minimum Gasteiger partial charge on any atom is -0.480 e. The highest BCUT2D eigenvalue weighted by Gasteiger charge is 2.36. The molecular weight excluding hydrogens is 202 g/mol. The molecule has 1 aliphatic rings. The Morgan fingerprint density at radius 1 is 1.38 bits per heavy atom. The second-order valence-corrected chi connectivity index (χ2v) is 4.74. The molecular formula is C13H17NO2. The fourth-order valence-electron chi connectivity index (χ4n) is 2.13. The summed E-state index contributed by atoms with van der Waals surface area (Å²) in [5.74, 6) is -0.806. The molecule has 0 spiro atoms. The first-order valence-electron chi connectivity index (χ1n) is 5.66. The molecule has 1 saturated carbocycles. The van der Waals surface area contributed by atoms with Crippen molar-refractivity contribution in [2.45, 2.75) is 37.8 Å². The Morgan fingerprint density at radius 3 is 2.44 bits per heavy atom. The normalized spacial score (nSPS) is 19.8. The topological polar surface area (TPSA) is 49.3 Å². The zero-order chi connectivity index (χ0) is 11.6. The Balaban J connectivity index is 2.15. The van der Waals surface area contributed by atoms with E-state index in [9.17, 15) is 9.90 Å². The molecule has 1 atom stereocenters. The van der Waals surface area contributed by atoms with Crippen LogP contribution < -0.4 is 5.32 Å². The summed E-state index contributed by atoms with van der Waals surface area (Å²) in [5.41, 5.74) is 0.821. The van der Waals surface area contributed by atoms with Crippen molar-refractivity contribution in [2.75, 3.05) is 0 Å². The van der Waals surface area contributed by atoms with Gasteiger partial charge in [-0.15, -0.1) is 0 Å². The number of hydrogen-bond donors (Lipinski definition) is 2. The number of carboxylic acid groups (broad SMARTS) is 1. The molecule has 0 bridgehead atoms. The maximum atomic E-state index is 11.3. The lowest BCUT2D eigenvalue weighted by molar-refractivity contribution is -0.140. The molecule has 0 aliphatic heterocycles. The molecule has 2 N–H and O–H groups in total. The van der Waals surface area contributed by atoms with Gasteiger partial charge in [0.25, 0.3) is 0 Å². The summed E-state index contributed by atoms with van der Waals surface area (Å²) in [6.45, 7) is 2.09. The van der Waals surface area contributed by atoms with Gasteiger partial charge in [-0.1, -0.05) is 30.3 Å². The molecule has 1 aromatic rings. The van der Waals surface area contributed by atoms with Crippen LogP contribution in [0.4, 0.5) is 0 Å². The highest BCUT2D eigenvalue weighted by atomic mass is 16.4. The number of nitrogens with one attached hydrogen (secondary N) is 1. The minimum atomic E-state index is -0.806. The van der Waals surface area contributed by atoms with E-state index in [0.29, 0.717) is 0 Å². The summed E-state index contributed by atoms with van der Waals surface area (Å²) in [4.78, 5) is 11.3. The van der Waals surface area contributed by atoms with E-state index in [4.69, 9.17) is 0 Å². The van der Waals surface area contributed by atoms with Crippen molar-refractivity contribution in [1.29, 1.82) is 0 Å². The number of carbonyl (C=O) groups is 1. The molecule has 0 aromatic heterocycles. The molecule has 3 nitrogen and oxygen atoms in total. The average Bonchev–Trinajstić information content (AvgIpc) is 2.24. The number of aliphatic carboxylic acids is 1. The quantitative estimate of drug-likeness (QED) is 0.817. The van der Waals surface area contributed by atoms with Gasteiger partial charge in [0.05, 0.1) is 0 Å². The molecule has 3 heteroatoms. The fraction of sp³-hybridized carbons (Fsp3) is 0.462. The van der Waals surface area contributed by atoms with Crippen LogP contribution in [-0.4, -0.2) is 16.6 Å². The second kappa shape index (κ2) is 4.26. The molecule has 0 saturated heterocycles. The highest BCUT2D eigenvalue weighted by Crippen LogP contribution is 2.33. The molecule has 1 fully saturated rings. The van der Waals surface area contributed by atoms with Crippen LogP contribution in [0.2, 0.25) is 0 Å². The molecule has 0 radical (unpaired) electrons. The van der Waals surface area contributed by atoms with E-state index < -0.39 is 12.0 Å². The smallest absolute Gasteiger partial charge is 0.325 e. The predicted octanol–water partition coefficient (Wildman–Crippen LogP) is 2.34. The Hall–Kier alpha value is -1.35. The number of rotatable bonds is 4. The van der Waals surface area contributed by atoms with Gasteiger partial charge in [-0.3, -0.25) is 10.1 Å². The molecule has 86 valence electrons. The largest absolute Gasteiger partial charge is 0.480 e. The van der Waals surface area contributed by atoms with Crippen molar-refractivity contribution in [3.8, 4) is 0 Å². The van der Waals surface area contributed by atoms with Crippen LogP contribution in [0.25, 0.3) is 0 Å². The Morgan fingerprint density at radius 2 is 2.00 bits per heavy atom. The van der Waals surface area contributed by atoms with E-state index in [2.05, 4.69) is 12.2 Å². The van der Waals surface area contributed by atoms with E-state index in [0.717, 1.165) is 18.4 Å². The van der Waals surface area contributed by atoms with Crippen LogP contribution in [0.1, 0.15) is 37.8 Å². The average molecular weight is 219 g/mol. The summed E-state index contributed by atoms with van der Waals surface area (Å²) in [6, 6.07) is 8.76. The first-order chi connectivity index (χ1) is 7.61. The van der Waals surface area contributed by atoms with Crippen molar-refractivity contribution in [1.82, 2.24) is 5.32 Å². The molecule has 2 rings (SSSR count). The third-order valence-electron chi connectivity index (χ3n) is 3.33. The maximum absolute atomic E-state index is 11.3. The summed E-state index contributed by atoms with van der Waals surface area (Å²) in [5, 5.41) is 12.5. The predicted molar refractivity (Wildman–Crippen MR) is 62.2 cm³/mol. The number of hydrogen-bond acceptors (Lipinski definition) is 2. The third-order valence-corrected chi connectivity index (χ3v) is 3.33. The Kier molecular flexibility index (Phi) is 2.97. The van der Waals surface area contributed by atoms with Crippen molar-refractivity contribution in [3.05, 3.63) is 35.9 Å². The lowest BCUT2D eigenvalue weighted by atomic mass is 9.77. The molecule has 16 heavy (non-hydrogen) atoms. The van der Waals surface area contributed by atoms with Gasteiger partial charge in [-0.05, 0) is 31.7 Å². The van der Waals surface area contributed by atoms with E-state index >= 15 is 0 Å². The molecule has 1 unspecified atom stereocenters. The van der Waals surface area contributed by atoms with Gasteiger partial charge in [0.2, 0.25) is 0 Å². The standard InChI is InChI=1S/C13H17NO2/c1-13(8-5-9-13)14-11(12(15)16)10-6-3-2-4-7-10/h2-4,6-7,11,14H,5,8-9H2,1H3,(H,15,16). The first kappa shape index (κ1) is 11.1. The SMILES string of the molecule is CC1(NC(C(=O)O)c2ccccc2)CCC1. The van der Waals surface area contributed by atoms with Crippen molar-refractivity contribution in [3.63, 3.8) is 0 Å². The summed E-state index contributed by atoms with van der Waals surface area (Å²) in [7, 11) is 0. The maximum Gasteiger partial charge on any atom is 0.325 e. The van der Waals surface area contributed by atoms with Crippen LogP contribution >= 0.6 is 0 Å². The number of benzene rings is 1. The van der Waals surface area contributed by atoms with Crippen molar-refractivity contribution in [2.24, 2.45) is 0 Å². The lowest BCUT2D eigenvalue weighted by Gasteiger charge is -2.41. The van der Waals surface area contributed by atoms with Gasteiger partial charge in [0.15, 0.2) is 0 Å². The summed E-state index contributed by atoms with van der Waals surface area (Å²) in [6.07, 6.45) is 3.30. The van der Waals surface area contributed by atoms with Crippen LogP contribution in [0, 0.1) is 0 Å². The minimum absolute atomic E-state index is 0.00109. The number of carboxylic acids is 1. The molecule has 1 aromatic carbocycles. The Labute approximate surface area is 95.5 Å². The third kappa shape index (κ3) is 2.25.